The van der Waals surface area contributed by atoms with Crippen molar-refractivity contribution >= 4 is 11.4 Å². The molecule has 2 rings (SSSR count). The summed E-state index contributed by atoms with van der Waals surface area (Å²) in [5, 5.41) is 3.90. The highest BCUT2D eigenvalue weighted by molar-refractivity contribution is 5.60. The summed E-state index contributed by atoms with van der Waals surface area (Å²) in [5.74, 6) is 1.69. The zero-order valence-corrected chi connectivity index (χ0v) is 51.2. The number of hydrogen-bond acceptors (Lipinski definition) is 1. The normalized spacial score (nSPS) is 14.3. The molecule has 4 atom stereocenters. The van der Waals surface area contributed by atoms with E-state index in [2.05, 4.69) is 109 Å². The Labute approximate surface area is 460 Å². The van der Waals surface area contributed by atoms with Crippen molar-refractivity contribution in [2.45, 2.75) is 374 Å². The minimum Gasteiger partial charge on any atom is -0.356 e. The zero-order chi connectivity index (χ0) is 52.8. The van der Waals surface area contributed by atoms with E-state index in [0.717, 1.165) is 11.8 Å². The van der Waals surface area contributed by atoms with Crippen LogP contribution in [-0.2, 0) is 10.8 Å². The van der Waals surface area contributed by atoms with Gasteiger partial charge in [-0.3, -0.25) is 0 Å². The lowest BCUT2D eigenvalue weighted by atomic mass is 9.70. The topological polar surface area (TPSA) is 12.0 Å². The third kappa shape index (κ3) is 33.9. The van der Waals surface area contributed by atoms with Crippen LogP contribution in [0.25, 0.3) is 0 Å². The van der Waals surface area contributed by atoms with Gasteiger partial charge in [0.25, 0.3) is 0 Å². The Morgan fingerprint density at radius 3 is 0.712 bits per heavy atom. The summed E-state index contributed by atoms with van der Waals surface area (Å²) >= 11 is 0. The number of nitrogens with one attached hydrogen (secondary N) is 1. The maximum Gasteiger partial charge on any atom is 0.0384 e. The molecule has 0 saturated carbocycles. The lowest BCUT2D eigenvalue weighted by Crippen LogP contribution is -2.26. The van der Waals surface area contributed by atoms with Gasteiger partial charge < -0.3 is 5.32 Å². The molecule has 73 heavy (non-hydrogen) atoms. The molecule has 1 N–H and O–H groups in total. The van der Waals surface area contributed by atoms with Crippen LogP contribution in [0.4, 0.5) is 11.4 Å². The molecule has 1 heteroatoms. The van der Waals surface area contributed by atoms with E-state index in [1.54, 1.807) is 11.1 Å². The van der Waals surface area contributed by atoms with Crippen molar-refractivity contribution in [3.05, 3.63) is 59.7 Å². The first-order chi connectivity index (χ1) is 35.8. The number of rotatable bonds is 54. The van der Waals surface area contributed by atoms with Crippen molar-refractivity contribution in [3.63, 3.8) is 0 Å². The smallest absolute Gasteiger partial charge is 0.0384 e. The predicted molar refractivity (Wildman–Crippen MR) is 334 cm³/mol. The molecule has 0 aliphatic carbocycles. The molecule has 0 aliphatic heterocycles. The maximum atomic E-state index is 3.90. The fourth-order valence-corrected chi connectivity index (χ4v) is 12.9. The number of hydrogen-bond donors (Lipinski definition) is 1. The van der Waals surface area contributed by atoms with E-state index in [0.29, 0.717) is 0 Å². The van der Waals surface area contributed by atoms with Crippen LogP contribution in [0.5, 0.6) is 0 Å². The van der Waals surface area contributed by atoms with Crippen LogP contribution in [0.15, 0.2) is 48.5 Å². The van der Waals surface area contributed by atoms with Crippen molar-refractivity contribution in [1.82, 2.24) is 0 Å². The minimum atomic E-state index is 0.236. The van der Waals surface area contributed by atoms with Gasteiger partial charge in [0, 0.05) is 11.4 Å². The van der Waals surface area contributed by atoms with Crippen molar-refractivity contribution in [3.8, 4) is 0 Å². The van der Waals surface area contributed by atoms with E-state index in [4.69, 9.17) is 0 Å². The molecule has 0 bridgehead atoms. The van der Waals surface area contributed by atoms with E-state index in [1.807, 2.05) is 0 Å². The van der Waals surface area contributed by atoms with Gasteiger partial charge in [0.2, 0.25) is 0 Å². The van der Waals surface area contributed by atoms with Gasteiger partial charge in [0.1, 0.15) is 0 Å². The maximum absolute atomic E-state index is 3.90. The first kappa shape index (κ1) is 67.3. The molecule has 2 aromatic carbocycles. The van der Waals surface area contributed by atoms with Crippen LogP contribution >= 0.6 is 0 Å². The van der Waals surface area contributed by atoms with Gasteiger partial charge in [-0.1, -0.05) is 362 Å². The largest absolute Gasteiger partial charge is 0.356 e. The fourth-order valence-electron chi connectivity index (χ4n) is 12.9. The second kappa shape index (κ2) is 46.3. The van der Waals surface area contributed by atoms with Gasteiger partial charge in [0.05, 0.1) is 0 Å². The van der Waals surface area contributed by atoms with Crippen LogP contribution in [0, 0.1) is 11.8 Å². The van der Waals surface area contributed by atoms with Crippen LogP contribution < -0.4 is 5.32 Å². The summed E-state index contributed by atoms with van der Waals surface area (Å²) in [7, 11) is 0. The Bertz CT molecular complexity index is 1330. The summed E-state index contributed by atoms with van der Waals surface area (Å²) in [4.78, 5) is 0. The van der Waals surface area contributed by atoms with E-state index in [9.17, 15) is 0 Å². The van der Waals surface area contributed by atoms with Crippen LogP contribution in [-0.4, -0.2) is 0 Å². The summed E-state index contributed by atoms with van der Waals surface area (Å²) in [6, 6.07) is 19.8. The second-order valence-corrected chi connectivity index (χ2v) is 25.2. The van der Waals surface area contributed by atoms with Crippen molar-refractivity contribution in [2.75, 3.05) is 5.32 Å². The molecular weight excluding hydrogens is 879 g/mol. The molecule has 0 spiro atoms. The molecule has 424 valence electrons. The van der Waals surface area contributed by atoms with Gasteiger partial charge >= 0.3 is 0 Å². The van der Waals surface area contributed by atoms with Crippen LogP contribution in [0.2, 0.25) is 0 Å². The number of anilines is 2. The van der Waals surface area contributed by atoms with E-state index >= 15 is 0 Å². The molecule has 1 nitrogen and oxygen atoms in total. The lowest BCUT2D eigenvalue weighted by molar-refractivity contribution is 0.273. The highest BCUT2D eigenvalue weighted by Gasteiger charge is 2.31. The average molecular weight is 1010 g/mol. The third-order valence-electron chi connectivity index (χ3n) is 18.0. The van der Waals surface area contributed by atoms with Gasteiger partial charge in [-0.15, -0.1) is 0 Å². The zero-order valence-electron chi connectivity index (χ0n) is 51.2. The van der Waals surface area contributed by atoms with Crippen LogP contribution in [0.3, 0.4) is 0 Å². The van der Waals surface area contributed by atoms with Crippen molar-refractivity contribution in [1.29, 1.82) is 0 Å². The first-order valence-electron chi connectivity index (χ1n) is 33.7. The quantitative estimate of drug-likeness (QED) is 0.0651. The summed E-state index contributed by atoms with van der Waals surface area (Å²) in [6.45, 7) is 19.4. The summed E-state index contributed by atoms with van der Waals surface area (Å²) in [6.07, 6.45) is 67.4. The molecule has 4 unspecified atom stereocenters. The molecule has 0 aliphatic rings. The molecule has 0 aromatic heterocycles. The fraction of sp³-hybridized carbons (Fsp3) is 0.833. The molecular formula is C72H131N. The lowest BCUT2D eigenvalue weighted by Gasteiger charge is -2.35. The molecule has 0 heterocycles. The van der Waals surface area contributed by atoms with Gasteiger partial charge in [-0.2, -0.15) is 0 Å². The SMILES string of the molecule is CCCCCCCCCCC(CCCCCCCC)CC(C)(CCCCCCCC)c1ccc(Nc2ccc(C(C)(CCCCCCCC)CC(CCCCCCCC)CCCCCCCCCC)cc2)cc1. The van der Waals surface area contributed by atoms with E-state index < -0.39 is 0 Å². The molecule has 0 saturated heterocycles. The third-order valence-corrected chi connectivity index (χ3v) is 18.0. The molecule has 0 amide bonds. The van der Waals surface area contributed by atoms with Crippen molar-refractivity contribution in [2.24, 2.45) is 11.8 Å². The highest BCUT2D eigenvalue weighted by atomic mass is 14.9. The molecule has 0 radical (unpaired) electrons. The van der Waals surface area contributed by atoms with Crippen molar-refractivity contribution < 1.29 is 0 Å². The van der Waals surface area contributed by atoms with Gasteiger partial charge in [-0.25, -0.2) is 0 Å². The monoisotopic (exact) mass is 1010 g/mol. The molecule has 0 fully saturated rings. The Morgan fingerprint density at radius 1 is 0.274 bits per heavy atom. The van der Waals surface area contributed by atoms with Gasteiger partial charge in [0.15, 0.2) is 0 Å². The minimum absolute atomic E-state index is 0.236. The Hall–Kier alpha value is -1.76. The Morgan fingerprint density at radius 2 is 0.479 bits per heavy atom. The number of unbranched alkanes of at least 4 members (excludes halogenated alkanes) is 34. The van der Waals surface area contributed by atoms with Crippen LogP contribution in [0.1, 0.15) is 375 Å². The second-order valence-electron chi connectivity index (χ2n) is 25.2. The standard InChI is InChI=1S/C72H131N/c1-9-15-21-27-33-35-39-45-51-65(49-43-37-29-23-17-11-3)63-71(7,61-47-41-31-25-19-13-5)67-53-57-69(58-54-67)73-70-59-55-68(56-60-70)72(8,62-48-42-32-26-20-14-6)64-66(50-44-38-30-24-18-12-4)52-46-40-36-34-28-22-16-10-2/h53-60,65-66,73H,9-52,61-64H2,1-8H3. The Kier molecular flexibility index (Phi) is 42.8. The summed E-state index contributed by atoms with van der Waals surface area (Å²) in [5.41, 5.74) is 6.11. The predicted octanol–water partition coefficient (Wildman–Crippen LogP) is 26.0. The first-order valence-corrected chi connectivity index (χ1v) is 33.7. The van der Waals surface area contributed by atoms with E-state index in [1.165, 1.54) is 320 Å². The Balaban J connectivity index is 2.29. The summed E-state index contributed by atoms with van der Waals surface area (Å²) < 4.78 is 0. The van der Waals surface area contributed by atoms with Gasteiger partial charge in [-0.05, 0) is 83.7 Å². The number of benzene rings is 2. The highest BCUT2D eigenvalue weighted by Crippen LogP contribution is 2.42. The molecule has 2 aromatic rings. The van der Waals surface area contributed by atoms with E-state index in [-0.39, 0.29) is 10.8 Å². The average Bonchev–Trinajstić information content (AvgIpc) is 3.39.